The molecule has 0 spiro atoms. The first-order valence-electron chi connectivity index (χ1n) is 5.98. The Labute approximate surface area is 93.1 Å². The highest BCUT2D eigenvalue weighted by Gasteiger charge is 2.38. The second-order valence-corrected chi connectivity index (χ2v) is 4.34. The van der Waals surface area contributed by atoms with E-state index in [2.05, 4.69) is 20.8 Å². The zero-order chi connectivity index (χ0) is 11.9. The molecule has 1 unspecified atom stereocenters. The maximum absolute atomic E-state index is 9.47. The summed E-state index contributed by atoms with van der Waals surface area (Å²) in [5.74, 6) is -0.206. The van der Waals surface area contributed by atoms with Gasteiger partial charge in [0.1, 0.15) is 0 Å². The van der Waals surface area contributed by atoms with Crippen molar-refractivity contribution >= 4 is 0 Å². The minimum Gasteiger partial charge on any atom is -0.396 e. The van der Waals surface area contributed by atoms with Gasteiger partial charge in [-0.15, -0.1) is 0 Å². The maximum Gasteiger partial charge on any atom is 0.0484 e. The van der Waals surface area contributed by atoms with Gasteiger partial charge in [-0.2, -0.15) is 0 Å². The Kier molecular flexibility index (Phi) is 7.14. The fourth-order valence-corrected chi connectivity index (χ4v) is 2.69. The smallest absolute Gasteiger partial charge is 0.0484 e. The van der Waals surface area contributed by atoms with Crippen molar-refractivity contribution in [2.24, 2.45) is 17.3 Å². The normalized spacial score (nSPS) is 14.6. The molecule has 0 fully saturated rings. The Bertz CT molecular complexity index is 143. The van der Waals surface area contributed by atoms with E-state index in [4.69, 9.17) is 0 Å². The Hall–Kier alpha value is -0.120. The van der Waals surface area contributed by atoms with Crippen molar-refractivity contribution in [3.05, 3.63) is 0 Å². The van der Waals surface area contributed by atoms with Crippen LogP contribution < -0.4 is 0 Å². The fraction of sp³-hybridized carbons (Fsp3) is 1.00. The molecule has 0 amide bonds. The standard InChI is InChI=1S/C12H26O3/c1-4-12(5-2,6-3)11(9-15)10(7-13)8-14/h10-11,13-15H,4-9H2,1-3H3. The Morgan fingerprint density at radius 3 is 1.40 bits per heavy atom. The first-order chi connectivity index (χ1) is 7.15. The van der Waals surface area contributed by atoms with Crippen LogP contribution >= 0.6 is 0 Å². The van der Waals surface area contributed by atoms with Crippen molar-refractivity contribution < 1.29 is 15.3 Å². The average molecular weight is 218 g/mol. The molecule has 0 aliphatic rings. The summed E-state index contributed by atoms with van der Waals surface area (Å²) in [4.78, 5) is 0. The van der Waals surface area contributed by atoms with Gasteiger partial charge < -0.3 is 15.3 Å². The summed E-state index contributed by atoms with van der Waals surface area (Å²) in [7, 11) is 0. The van der Waals surface area contributed by atoms with Crippen molar-refractivity contribution in [2.75, 3.05) is 19.8 Å². The summed E-state index contributed by atoms with van der Waals surface area (Å²) in [5, 5.41) is 27.9. The molecule has 3 nitrogen and oxygen atoms in total. The van der Waals surface area contributed by atoms with E-state index in [9.17, 15) is 15.3 Å². The number of aliphatic hydroxyl groups is 3. The summed E-state index contributed by atoms with van der Waals surface area (Å²) in [6.07, 6.45) is 2.92. The van der Waals surface area contributed by atoms with Gasteiger partial charge >= 0.3 is 0 Å². The molecule has 0 aromatic heterocycles. The van der Waals surface area contributed by atoms with E-state index in [1.165, 1.54) is 0 Å². The van der Waals surface area contributed by atoms with Gasteiger partial charge in [0, 0.05) is 25.7 Å². The topological polar surface area (TPSA) is 60.7 Å². The number of hydrogen-bond acceptors (Lipinski definition) is 3. The van der Waals surface area contributed by atoms with E-state index >= 15 is 0 Å². The van der Waals surface area contributed by atoms with Crippen LogP contribution in [0.1, 0.15) is 40.0 Å². The van der Waals surface area contributed by atoms with Gasteiger partial charge in [0.25, 0.3) is 0 Å². The lowest BCUT2D eigenvalue weighted by Crippen LogP contribution is -2.39. The number of aliphatic hydroxyl groups excluding tert-OH is 3. The lowest BCUT2D eigenvalue weighted by molar-refractivity contribution is -0.0143. The van der Waals surface area contributed by atoms with Crippen LogP contribution in [0.5, 0.6) is 0 Å². The average Bonchev–Trinajstić information content (AvgIpc) is 2.30. The third-order valence-corrected chi connectivity index (χ3v) is 4.13. The largest absolute Gasteiger partial charge is 0.396 e. The molecule has 92 valence electrons. The second kappa shape index (κ2) is 7.20. The molecule has 0 aromatic rings. The molecule has 3 heteroatoms. The Morgan fingerprint density at radius 1 is 0.800 bits per heavy atom. The van der Waals surface area contributed by atoms with Gasteiger partial charge in [-0.1, -0.05) is 40.0 Å². The minimum absolute atomic E-state index is 0.00694. The van der Waals surface area contributed by atoms with E-state index in [0.717, 1.165) is 19.3 Å². The predicted octanol–water partition coefficient (Wildman–Crippen LogP) is 1.41. The highest BCUT2D eigenvalue weighted by Crippen LogP contribution is 2.42. The molecule has 1 atom stereocenters. The van der Waals surface area contributed by atoms with E-state index < -0.39 is 0 Å². The molecule has 0 saturated heterocycles. The molecule has 0 saturated carbocycles. The molecular weight excluding hydrogens is 192 g/mol. The molecule has 3 N–H and O–H groups in total. The highest BCUT2D eigenvalue weighted by atomic mass is 16.3. The van der Waals surface area contributed by atoms with Crippen LogP contribution in [0.4, 0.5) is 0 Å². The maximum atomic E-state index is 9.47. The highest BCUT2D eigenvalue weighted by molar-refractivity contribution is 4.87. The SMILES string of the molecule is CCC(CC)(CC)C(CO)C(CO)CO. The summed E-state index contributed by atoms with van der Waals surface area (Å²) in [6.45, 7) is 6.28. The summed E-state index contributed by atoms with van der Waals surface area (Å²) < 4.78 is 0. The van der Waals surface area contributed by atoms with Crippen LogP contribution in [0.2, 0.25) is 0 Å². The van der Waals surface area contributed by atoms with Crippen LogP contribution in [0.15, 0.2) is 0 Å². The predicted molar refractivity (Wildman–Crippen MR) is 61.5 cm³/mol. The van der Waals surface area contributed by atoms with Gasteiger partial charge in [0.05, 0.1) is 0 Å². The summed E-state index contributed by atoms with van der Waals surface area (Å²) >= 11 is 0. The molecule has 0 bridgehead atoms. The van der Waals surface area contributed by atoms with Crippen LogP contribution in [0, 0.1) is 17.3 Å². The first kappa shape index (κ1) is 14.9. The Morgan fingerprint density at radius 2 is 1.20 bits per heavy atom. The second-order valence-electron chi connectivity index (χ2n) is 4.34. The van der Waals surface area contributed by atoms with Gasteiger partial charge in [-0.25, -0.2) is 0 Å². The molecule has 0 radical (unpaired) electrons. The molecule has 15 heavy (non-hydrogen) atoms. The van der Waals surface area contributed by atoms with Gasteiger partial charge in [-0.3, -0.25) is 0 Å². The first-order valence-corrected chi connectivity index (χ1v) is 5.98. The summed E-state index contributed by atoms with van der Waals surface area (Å²) in [6, 6.07) is 0. The number of hydrogen-bond donors (Lipinski definition) is 3. The molecule has 0 aromatic carbocycles. The monoisotopic (exact) mass is 218 g/mol. The zero-order valence-corrected chi connectivity index (χ0v) is 10.2. The van der Waals surface area contributed by atoms with Gasteiger partial charge in [-0.05, 0) is 11.3 Å². The van der Waals surface area contributed by atoms with Crippen LogP contribution in [0.3, 0.4) is 0 Å². The Balaban J connectivity index is 4.86. The molecule has 0 aliphatic heterocycles. The third-order valence-electron chi connectivity index (χ3n) is 4.13. The molecule has 0 rings (SSSR count). The van der Waals surface area contributed by atoms with Crippen molar-refractivity contribution in [2.45, 2.75) is 40.0 Å². The van der Waals surface area contributed by atoms with Gasteiger partial charge in [0.2, 0.25) is 0 Å². The number of rotatable bonds is 8. The van der Waals surface area contributed by atoms with Crippen LogP contribution in [-0.4, -0.2) is 35.1 Å². The molecular formula is C12H26O3. The van der Waals surface area contributed by atoms with Gasteiger partial charge in [0.15, 0.2) is 0 Å². The van der Waals surface area contributed by atoms with Crippen molar-refractivity contribution in [3.8, 4) is 0 Å². The lowest BCUT2D eigenvalue weighted by atomic mass is 9.65. The lowest BCUT2D eigenvalue weighted by Gasteiger charge is -2.41. The van der Waals surface area contributed by atoms with Crippen LogP contribution in [0.25, 0.3) is 0 Å². The van der Waals surface area contributed by atoms with E-state index in [-0.39, 0.29) is 37.1 Å². The van der Waals surface area contributed by atoms with E-state index in [0.29, 0.717) is 0 Å². The van der Waals surface area contributed by atoms with E-state index in [1.54, 1.807) is 0 Å². The fourth-order valence-electron chi connectivity index (χ4n) is 2.69. The third kappa shape index (κ3) is 3.16. The van der Waals surface area contributed by atoms with Crippen molar-refractivity contribution in [1.82, 2.24) is 0 Å². The molecule has 0 heterocycles. The summed E-state index contributed by atoms with van der Waals surface area (Å²) in [5.41, 5.74) is 0.0465. The van der Waals surface area contributed by atoms with Crippen LogP contribution in [-0.2, 0) is 0 Å². The minimum atomic E-state index is -0.199. The van der Waals surface area contributed by atoms with Crippen molar-refractivity contribution in [1.29, 1.82) is 0 Å². The zero-order valence-electron chi connectivity index (χ0n) is 10.2. The molecule has 0 aliphatic carbocycles. The quantitative estimate of drug-likeness (QED) is 0.577. The van der Waals surface area contributed by atoms with E-state index in [1.807, 2.05) is 0 Å². The van der Waals surface area contributed by atoms with Crippen molar-refractivity contribution in [3.63, 3.8) is 0 Å².